The van der Waals surface area contributed by atoms with Crippen molar-refractivity contribution in [2.75, 3.05) is 12.9 Å². The zero-order valence-corrected chi connectivity index (χ0v) is 16.5. The van der Waals surface area contributed by atoms with Gasteiger partial charge in [0, 0.05) is 4.47 Å². The monoisotopic (exact) mass is 421 g/mol. The summed E-state index contributed by atoms with van der Waals surface area (Å²) in [6.45, 7) is 2.95. The van der Waals surface area contributed by atoms with Gasteiger partial charge in [0.15, 0.2) is 16.7 Å². The van der Waals surface area contributed by atoms with E-state index in [1.54, 1.807) is 6.21 Å². The van der Waals surface area contributed by atoms with E-state index in [0.29, 0.717) is 29.9 Å². The van der Waals surface area contributed by atoms with Crippen molar-refractivity contribution in [2.24, 2.45) is 15.9 Å². The minimum absolute atomic E-state index is 0.413. The van der Waals surface area contributed by atoms with Crippen molar-refractivity contribution in [1.82, 2.24) is 0 Å². The van der Waals surface area contributed by atoms with Gasteiger partial charge >= 0.3 is 0 Å². The van der Waals surface area contributed by atoms with Crippen LogP contribution in [0.5, 0.6) is 11.5 Å². The molecule has 0 aromatic heterocycles. The first-order chi connectivity index (χ1) is 12.1. The van der Waals surface area contributed by atoms with Gasteiger partial charge in [-0.1, -0.05) is 39.8 Å². The maximum absolute atomic E-state index is 5.90. The smallest absolute Gasteiger partial charge is 0.180 e. The highest BCUT2D eigenvalue weighted by molar-refractivity contribution is 9.10. The summed E-state index contributed by atoms with van der Waals surface area (Å²) in [7, 11) is 0. The van der Waals surface area contributed by atoms with Crippen LogP contribution >= 0.6 is 27.7 Å². The lowest BCUT2D eigenvalue weighted by atomic mass is 10.2. The standard InChI is InChI=1S/C18H20BrN3O2S/c1-3-23-17-10-14(11-21-22-18(20)25-2)6-9-16(17)24-12-13-4-7-15(19)8-5-13/h4-11H,3,12H2,1-2H3,(H2,20,22)/b21-11-. The lowest BCUT2D eigenvalue weighted by Gasteiger charge is -2.12. The molecular weight excluding hydrogens is 402 g/mol. The number of hydrogen-bond donors (Lipinski definition) is 1. The molecule has 0 aliphatic heterocycles. The highest BCUT2D eigenvalue weighted by atomic mass is 79.9. The number of nitrogens with zero attached hydrogens (tertiary/aromatic N) is 2. The third-order valence-electron chi connectivity index (χ3n) is 3.15. The second kappa shape index (κ2) is 10.1. The van der Waals surface area contributed by atoms with Crippen LogP contribution in [0.4, 0.5) is 0 Å². The number of rotatable bonds is 7. The molecule has 0 fully saturated rings. The Morgan fingerprint density at radius 1 is 1.16 bits per heavy atom. The Labute approximate surface area is 160 Å². The summed E-state index contributed by atoms with van der Waals surface area (Å²) >= 11 is 4.77. The normalized spacial score (nSPS) is 11.7. The van der Waals surface area contributed by atoms with Crippen LogP contribution in [0.15, 0.2) is 57.1 Å². The lowest BCUT2D eigenvalue weighted by Crippen LogP contribution is -2.04. The van der Waals surface area contributed by atoms with Crippen molar-refractivity contribution in [1.29, 1.82) is 0 Å². The molecule has 25 heavy (non-hydrogen) atoms. The highest BCUT2D eigenvalue weighted by Gasteiger charge is 2.06. The number of nitrogens with two attached hydrogens (primary N) is 1. The topological polar surface area (TPSA) is 69.2 Å². The summed E-state index contributed by atoms with van der Waals surface area (Å²) in [5.41, 5.74) is 7.53. The van der Waals surface area contributed by atoms with Gasteiger partial charge in [0.25, 0.3) is 0 Å². The molecule has 2 aromatic carbocycles. The molecule has 0 bridgehead atoms. The minimum Gasteiger partial charge on any atom is -0.490 e. The van der Waals surface area contributed by atoms with Crippen LogP contribution in [0.2, 0.25) is 0 Å². The van der Waals surface area contributed by atoms with Crippen molar-refractivity contribution in [3.8, 4) is 11.5 Å². The molecule has 0 radical (unpaired) electrons. The van der Waals surface area contributed by atoms with E-state index in [0.717, 1.165) is 15.6 Å². The van der Waals surface area contributed by atoms with E-state index in [1.165, 1.54) is 11.8 Å². The van der Waals surface area contributed by atoms with E-state index < -0.39 is 0 Å². The molecule has 7 heteroatoms. The van der Waals surface area contributed by atoms with Crippen LogP contribution in [-0.4, -0.2) is 24.2 Å². The second-order valence-electron chi connectivity index (χ2n) is 4.94. The molecular formula is C18H20BrN3O2S. The van der Waals surface area contributed by atoms with E-state index in [1.807, 2.05) is 55.6 Å². The van der Waals surface area contributed by atoms with Gasteiger partial charge in [-0.05, 0) is 54.6 Å². The Balaban J connectivity index is 2.10. The predicted octanol–water partition coefficient (Wildman–Crippen LogP) is 4.44. The van der Waals surface area contributed by atoms with Gasteiger partial charge in [-0.15, -0.1) is 5.10 Å². The number of amidine groups is 1. The third kappa shape index (κ3) is 6.43. The number of hydrogen-bond acceptors (Lipinski definition) is 5. The summed E-state index contributed by atoms with van der Waals surface area (Å²) in [5, 5.41) is 8.24. The molecule has 0 saturated heterocycles. The zero-order chi connectivity index (χ0) is 18.1. The second-order valence-corrected chi connectivity index (χ2v) is 6.68. The fourth-order valence-electron chi connectivity index (χ4n) is 1.93. The van der Waals surface area contributed by atoms with Crippen molar-refractivity contribution in [3.63, 3.8) is 0 Å². The quantitative estimate of drug-likeness (QED) is 0.407. The molecule has 0 aliphatic rings. The minimum atomic E-state index is 0.413. The predicted molar refractivity (Wildman–Crippen MR) is 109 cm³/mol. The summed E-state index contributed by atoms with van der Waals surface area (Å²) in [4.78, 5) is 0. The van der Waals surface area contributed by atoms with E-state index >= 15 is 0 Å². The molecule has 0 atom stereocenters. The van der Waals surface area contributed by atoms with Crippen LogP contribution in [0.1, 0.15) is 18.1 Å². The van der Waals surface area contributed by atoms with Crippen molar-refractivity contribution in [3.05, 3.63) is 58.1 Å². The molecule has 2 N–H and O–H groups in total. The highest BCUT2D eigenvalue weighted by Crippen LogP contribution is 2.29. The van der Waals surface area contributed by atoms with Gasteiger partial charge in [-0.2, -0.15) is 5.10 Å². The largest absolute Gasteiger partial charge is 0.490 e. The van der Waals surface area contributed by atoms with Gasteiger partial charge < -0.3 is 15.2 Å². The number of ether oxygens (including phenoxy) is 2. The number of benzene rings is 2. The van der Waals surface area contributed by atoms with Crippen LogP contribution in [0.3, 0.4) is 0 Å². The Kier molecular flexibility index (Phi) is 7.81. The average molecular weight is 422 g/mol. The maximum atomic E-state index is 5.90. The molecule has 0 saturated carbocycles. The number of thioether (sulfide) groups is 1. The van der Waals surface area contributed by atoms with Crippen LogP contribution < -0.4 is 15.2 Å². The number of halogens is 1. The SMILES string of the molecule is CCOc1cc(/C=N\N=C(/N)SC)ccc1OCc1ccc(Br)cc1. The summed E-state index contributed by atoms with van der Waals surface area (Å²) in [6.07, 6.45) is 3.48. The first kappa shape index (κ1) is 19.3. The summed E-state index contributed by atoms with van der Waals surface area (Å²) in [5.74, 6) is 1.36. The van der Waals surface area contributed by atoms with E-state index in [-0.39, 0.29) is 0 Å². The molecule has 0 heterocycles. The van der Waals surface area contributed by atoms with Gasteiger partial charge in [0.1, 0.15) is 6.61 Å². The molecule has 5 nitrogen and oxygen atoms in total. The Morgan fingerprint density at radius 2 is 1.92 bits per heavy atom. The van der Waals surface area contributed by atoms with E-state index in [2.05, 4.69) is 26.1 Å². The van der Waals surface area contributed by atoms with Crippen LogP contribution in [0.25, 0.3) is 0 Å². The van der Waals surface area contributed by atoms with Gasteiger partial charge in [-0.25, -0.2) is 0 Å². The summed E-state index contributed by atoms with van der Waals surface area (Å²) in [6, 6.07) is 13.6. The third-order valence-corrected chi connectivity index (χ3v) is 4.18. The van der Waals surface area contributed by atoms with Crippen LogP contribution in [0, 0.1) is 0 Å². The van der Waals surface area contributed by atoms with E-state index in [4.69, 9.17) is 15.2 Å². The average Bonchev–Trinajstić information content (AvgIpc) is 2.62. The molecule has 2 rings (SSSR count). The van der Waals surface area contributed by atoms with E-state index in [9.17, 15) is 0 Å². The van der Waals surface area contributed by atoms with Gasteiger partial charge in [0.2, 0.25) is 0 Å². The molecule has 2 aromatic rings. The fraction of sp³-hybridized carbons (Fsp3) is 0.222. The first-order valence-electron chi connectivity index (χ1n) is 7.67. The molecule has 132 valence electrons. The molecule has 0 spiro atoms. The maximum Gasteiger partial charge on any atom is 0.180 e. The molecule has 0 aliphatic carbocycles. The van der Waals surface area contributed by atoms with Gasteiger partial charge in [-0.3, -0.25) is 0 Å². The Morgan fingerprint density at radius 3 is 2.60 bits per heavy atom. The summed E-state index contributed by atoms with van der Waals surface area (Å²) < 4.78 is 12.6. The molecule has 0 unspecified atom stereocenters. The van der Waals surface area contributed by atoms with Crippen LogP contribution in [-0.2, 0) is 6.61 Å². The van der Waals surface area contributed by atoms with Crippen molar-refractivity contribution < 1.29 is 9.47 Å². The fourth-order valence-corrected chi connectivity index (χ4v) is 2.32. The zero-order valence-electron chi connectivity index (χ0n) is 14.1. The van der Waals surface area contributed by atoms with Crippen molar-refractivity contribution in [2.45, 2.75) is 13.5 Å². The Hall–Kier alpha value is -1.99. The lowest BCUT2D eigenvalue weighted by molar-refractivity contribution is 0.269. The van der Waals surface area contributed by atoms with Gasteiger partial charge in [0.05, 0.1) is 12.8 Å². The Bertz CT molecular complexity index is 748. The molecule has 0 amide bonds. The van der Waals surface area contributed by atoms with Crippen molar-refractivity contribution >= 4 is 39.1 Å². The first-order valence-corrected chi connectivity index (χ1v) is 9.68.